The third kappa shape index (κ3) is 6.08. The van der Waals surface area contributed by atoms with Crippen molar-refractivity contribution in [2.45, 2.75) is 37.7 Å². The van der Waals surface area contributed by atoms with Crippen molar-refractivity contribution < 1.29 is 14.7 Å². The number of amides is 3. The van der Waals surface area contributed by atoms with E-state index >= 15 is 0 Å². The van der Waals surface area contributed by atoms with E-state index in [9.17, 15) is 14.7 Å². The van der Waals surface area contributed by atoms with Crippen molar-refractivity contribution in [2.75, 3.05) is 18.4 Å². The number of rotatable bonds is 5. The third-order valence-corrected chi connectivity index (χ3v) is 4.13. The number of hydrogen-bond acceptors (Lipinski definition) is 3. The molecule has 0 radical (unpaired) electrons. The maximum absolute atomic E-state index is 11.8. The molecule has 0 bridgehead atoms. The summed E-state index contributed by atoms with van der Waals surface area (Å²) in [6, 6.07) is 6.24. The highest BCUT2D eigenvalue weighted by Crippen LogP contribution is 2.27. The number of carbonyl (C=O) groups is 2. The summed E-state index contributed by atoms with van der Waals surface area (Å²) in [7, 11) is 0. The van der Waals surface area contributed by atoms with Gasteiger partial charge in [-0.3, -0.25) is 4.79 Å². The highest BCUT2D eigenvalue weighted by molar-refractivity contribution is 6.30. The van der Waals surface area contributed by atoms with Gasteiger partial charge in [0.05, 0.1) is 12.1 Å². The smallest absolute Gasteiger partial charge is 0.319 e. The fraction of sp³-hybridized carbons (Fsp3) is 0.500. The molecular weight excluding hydrogens is 318 g/mol. The molecule has 1 aromatic carbocycles. The number of hydrogen-bond donors (Lipinski definition) is 4. The Bertz CT molecular complexity index is 559. The van der Waals surface area contributed by atoms with Crippen LogP contribution in [0, 0.1) is 0 Å². The second kappa shape index (κ2) is 8.17. The van der Waals surface area contributed by atoms with E-state index in [2.05, 4.69) is 16.0 Å². The molecule has 1 saturated carbocycles. The summed E-state index contributed by atoms with van der Waals surface area (Å²) in [5, 5.41) is 18.5. The summed E-state index contributed by atoms with van der Waals surface area (Å²) in [6.45, 7) is 0.0753. The molecule has 6 nitrogen and oxygen atoms in total. The van der Waals surface area contributed by atoms with Crippen molar-refractivity contribution in [3.63, 3.8) is 0 Å². The topological polar surface area (TPSA) is 90.5 Å². The second-order valence-electron chi connectivity index (χ2n) is 5.88. The maximum atomic E-state index is 11.8. The summed E-state index contributed by atoms with van der Waals surface area (Å²) >= 11 is 5.82. The fourth-order valence-corrected chi connectivity index (χ4v) is 2.80. The molecule has 0 aromatic heterocycles. The summed E-state index contributed by atoms with van der Waals surface area (Å²) in [5.41, 5.74) is -0.260. The van der Waals surface area contributed by atoms with Gasteiger partial charge in [0.2, 0.25) is 5.91 Å². The molecule has 126 valence electrons. The number of anilines is 1. The van der Waals surface area contributed by atoms with Crippen LogP contribution >= 0.6 is 11.6 Å². The molecule has 7 heteroatoms. The number of carbonyl (C=O) groups excluding carboxylic acids is 2. The van der Waals surface area contributed by atoms with Crippen molar-refractivity contribution in [1.82, 2.24) is 10.6 Å². The average molecular weight is 340 g/mol. The van der Waals surface area contributed by atoms with Gasteiger partial charge in [-0.1, -0.05) is 36.9 Å². The number of nitrogens with one attached hydrogen (secondary N) is 3. The monoisotopic (exact) mass is 339 g/mol. The molecule has 0 heterocycles. The number of aliphatic hydroxyl groups is 1. The lowest BCUT2D eigenvalue weighted by Crippen LogP contribution is -2.47. The van der Waals surface area contributed by atoms with Crippen LogP contribution < -0.4 is 16.0 Å². The van der Waals surface area contributed by atoms with Gasteiger partial charge in [0.25, 0.3) is 0 Å². The number of benzene rings is 1. The molecule has 2 rings (SSSR count). The second-order valence-corrected chi connectivity index (χ2v) is 6.32. The van der Waals surface area contributed by atoms with E-state index in [1.807, 2.05) is 0 Å². The Hall–Kier alpha value is -1.79. The Balaban J connectivity index is 1.68. The zero-order valence-electron chi connectivity index (χ0n) is 12.9. The van der Waals surface area contributed by atoms with E-state index in [1.165, 1.54) is 0 Å². The van der Waals surface area contributed by atoms with Gasteiger partial charge in [0.1, 0.15) is 0 Å². The highest BCUT2D eigenvalue weighted by Gasteiger charge is 2.29. The average Bonchev–Trinajstić information content (AvgIpc) is 2.52. The van der Waals surface area contributed by atoms with Crippen molar-refractivity contribution in [1.29, 1.82) is 0 Å². The highest BCUT2D eigenvalue weighted by atomic mass is 35.5. The summed E-state index contributed by atoms with van der Waals surface area (Å²) in [4.78, 5) is 23.5. The normalized spacial score (nSPS) is 16.4. The summed E-state index contributed by atoms with van der Waals surface area (Å²) in [6.07, 6.45) is 4.49. The van der Waals surface area contributed by atoms with E-state index in [0.717, 1.165) is 19.3 Å². The molecule has 23 heavy (non-hydrogen) atoms. The largest absolute Gasteiger partial charge is 0.388 e. The number of urea groups is 1. The predicted molar refractivity (Wildman–Crippen MR) is 89.5 cm³/mol. The van der Waals surface area contributed by atoms with Crippen LogP contribution in [0.1, 0.15) is 32.1 Å². The van der Waals surface area contributed by atoms with E-state index < -0.39 is 11.6 Å². The SMILES string of the molecule is O=C(CNC(=O)Nc1cccc(Cl)c1)NCC1(O)CCCCC1. The van der Waals surface area contributed by atoms with Gasteiger partial charge in [0, 0.05) is 17.3 Å². The maximum Gasteiger partial charge on any atom is 0.319 e. The molecule has 1 aromatic rings. The van der Waals surface area contributed by atoms with Crippen LogP contribution in [0.3, 0.4) is 0 Å². The van der Waals surface area contributed by atoms with Crippen LogP contribution in [0.4, 0.5) is 10.5 Å². The molecule has 4 N–H and O–H groups in total. The molecule has 1 aliphatic carbocycles. The van der Waals surface area contributed by atoms with E-state index in [1.54, 1.807) is 24.3 Å². The molecule has 0 spiro atoms. The number of halogens is 1. The lowest BCUT2D eigenvalue weighted by Gasteiger charge is -2.32. The van der Waals surface area contributed by atoms with Gasteiger partial charge < -0.3 is 21.1 Å². The van der Waals surface area contributed by atoms with Crippen molar-refractivity contribution in [2.24, 2.45) is 0 Å². The van der Waals surface area contributed by atoms with Crippen molar-refractivity contribution in [3.8, 4) is 0 Å². The van der Waals surface area contributed by atoms with Gasteiger partial charge in [0.15, 0.2) is 0 Å². The Morgan fingerprint density at radius 3 is 2.61 bits per heavy atom. The molecule has 0 saturated heterocycles. The van der Waals surface area contributed by atoms with E-state index in [-0.39, 0.29) is 19.0 Å². The lowest BCUT2D eigenvalue weighted by atomic mass is 9.85. The fourth-order valence-electron chi connectivity index (χ4n) is 2.61. The Labute approximate surface area is 140 Å². The molecular formula is C16H22ClN3O3. The van der Waals surface area contributed by atoms with E-state index in [4.69, 9.17) is 11.6 Å². The van der Waals surface area contributed by atoms with Gasteiger partial charge in [-0.25, -0.2) is 4.79 Å². The third-order valence-electron chi connectivity index (χ3n) is 3.89. The van der Waals surface area contributed by atoms with Gasteiger partial charge in [-0.15, -0.1) is 0 Å². The predicted octanol–water partition coefficient (Wildman–Crippen LogP) is 2.27. The van der Waals surface area contributed by atoms with Gasteiger partial charge >= 0.3 is 6.03 Å². The Morgan fingerprint density at radius 2 is 1.91 bits per heavy atom. The standard InChI is InChI=1S/C16H22ClN3O3/c17-12-5-4-6-13(9-12)20-15(22)18-10-14(21)19-11-16(23)7-2-1-3-8-16/h4-6,9,23H,1-3,7-8,10-11H2,(H,19,21)(H2,18,20,22). The van der Waals surface area contributed by atoms with Crippen molar-refractivity contribution >= 4 is 29.2 Å². The van der Waals surface area contributed by atoms with Crippen LogP contribution in [0.5, 0.6) is 0 Å². The first-order chi connectivity index (χ1) is 11.0. The van der Waals surface area contributed by atoms with Crippen LogP contribution in [-0.4, -0.2) is 35.7 Å². The van der Waals surface area contributed by atoms with E-state index in [0.29, 0.717) is 23.6 Å². The molecule has 1 fully saturated rings. The summed E-state index contributed by atoms with van der Waals surface area (Å²) < 4.78 is 0. The van der Waals surface area contributed by atoms with Gasteiger partial charge in [-0.05, 0) is 31.0 Å². The Kier molecular flexibility index (Phi) is 6.24. The van der Waals surface area contributed by atoms with Crippen LogP contribution in [0.15, 0.2) is 24.3 Å². The molecule has 0 unspecified atom stereocenters. The van der Waals surface area contributed by atoms with Crippen LogP contribution in [0.2, 0.25) is 5.02 Å². The lowest BCUT2D eigenvalue weighted by molar-refractivity contribution is -0.121. The Morgan fingerprint density at radius 1 is 1.17 bits per heavy atom. The zero-order valence-corrected chi connectivity index (χ0v) is 13.7. The molecule has 3 amide bonds. The first-order valence-corrected chi connectivity index (χ1v) is 8.14. The molecule has 0 atom stereocenters. The minimum absolute atomic E-state index is 0.150. The summed E-state index contributed by atoms with van der Waals surface area (Å²) in [5.74, 6) is -0.328. The first kappa shape index (κ1) is 17.6. The minimum Gasteiger partial charge on any atom is -0.388 e. The van der Waals surface area contributed by atoms with Crippen LogP contribution in [0.25, 0.3) is 0 Å². The molecule has 1 aliphatic rings. The minimum atomic E-state index is -0.809. The van der Waals surface area contributed by atoms with Crippen LogP contribution in [-0.2, 0) is 4.79 Å². The first-order valence-electron chi connectivity index (χ1n) is 7.76. The van der Waals surface area contributed by atoms with Gasteiger partial charge in [-0.2, -0.15) is 0 Å². The zero-order chi connectivity index (χ0) is 16.7. The quantitative estimate of drug-likeness (QED) is 0.663. The molecule has 0 aliphatic heterocycles. The van der Waals surface area contributed by atoms with Crippen molar-refractivity contribution in [3.05, 3.63) is 29.3 Å².